The maximum absolute atomic E-state index is 9.05. The number of hydrogen-bond donors (Lipinski definition) is 1. The summed E-state index contributed by atoms with van der Waals surface area (Å²) in [5.41, 5.74) is 5.47. The summed E-state index contributed by atoms with van der Waals surface area (Å²) in [7, 11) is 0. The summed E-state index contributed by atoms with van der Waals surface area (Å²) >= 11 is 0. The minimum Gasteiger partial charge on any atom is -0.381 e. The van der Waals surface area contributed by atoms with Crippen molar-refractivity contribution in [2.24, 2.45) is 11.7 Å². The minimum atomic E-state index is -0.577. The van der Waals surface area contributed by atoms with Gasteiger partial charge in [0.15, 0.2) is 0 Å². The summed E-state index contributed by atoms with van der Waals surface area (Å²) in [6.45, 7) is 3.80. The summed E-state index contributed by atoms with van der Waals surface area (Å²) in [5.74, 6) is 0.337. The molecular weight excluding hydrogens is 200 g/mol. The predicted octanol–water partition coefficient (Wildman–Crippen LogP) is 2.60. The number of nitrogens with zero attached hydrogens (tertiary/aromatic N) is 1. The SMILES string of the molecule is CCCCCOCCC1CCCC1(N)C#N. The molecule has 0 aromatic heterocycles. The smallest absolute Gasteiger partial charge is 0.107 e. The molecular formula is C13H24N2O. The van der Waals surface area contributed by atoms with Crippen molar-refractivity contribution < 1.29 is 4.74 Å². The molecule has 3 heteroatoms. The van der Waals surface area contributed by atoms with Crippen LogP contribution in [0.3, 0.4) is 0 Å². The van der Waals surface area contributed by atoms with Crippen molar-refractivity contribution in [2.75, 3.05) is 13.2 Å². The molecule has 1 fully saturated rings. The van der Waals surface area contributed by atoms with Crippen molar-refractivity contribution in [1.82, 2.24) is 0 Å². The van der Waals surface area contributed by atoms with Crippen LogP contribution < -0.4 is 5.73 Å². The Bertz CT molecular complexity index is 237. The lowest BCUT2D eigenvalue weighted by Crippen LogP contribution is -2.42. The number of ether oxygens (including phenoxy) is 1. The first-order chi connectivity index (χ1) is 7.73. The highest BCUT2D eigenvalue weighted by atomic mass is 16.5. The molecule has 0 amide bonds. The molecule has 0 heterocycles. The number of rotatable bonds is 7. The van der Waals surface area contributed by atoms with Crippen LogP contribution >= 0.6 is 0 Å². The lowest BCUT2D eigenvalue weighted by Gasteiger charge is -2.23. The third-order valence-electron chi connectivity index (χ3n) is 3.58. The van der Waals surface area contributed by atoms with Crippen LogP contribution in [-0.4, -0.2) is 18.8 Å². The highest BCUT2D eigenvalue weighted by Gasteiger charge is 2.39. The van der Waals surface area contributed by atoms with Crippen LogP contribution in [0, 0.1) is 17.2 Å². The van der Waals surface area contributed by atoms with E-state index in [0.717, 1.165) is 45.3 Å². The van der Waals surface area contributed by atoms with Crippen LogP contribution in [0.5, 0.6) is 0 Å². The molecule has 1 rings (SSSR count). The molecule has 1 saturated carbocycles. The van der Waals surface area contributed by atoms with Gasteiger partial charge in [0.2, 0.25) is 0 Å². The maximum Gasteiger partial charge on any atom is 0.107 e. The Balaban J connectivity index is 2.11. The number of unbranched alkanes of at least 4 members (excludes halogenated alkanes) is 2. The molecule has 0 radical (unpaired) electrons. The van der Waals surface area contributed by atoms with Crippen molar-refractivity contribution in [3.63, 3.8) is 0 Å². The molecule has 1 aliphatic rings. The van der Waals surface area contributed by atoms with E-state index in [9.17, 15) is 0 Å². The third-order valence-corrected chi connectivity index (χ3v) is 3.58. The normalized spacial score (nSPS) is 29.2. The van der Waals surface area contributed by atoms with Crippen LogP contribution in [0.2, 0.25) is 0 Å². The van der Waals surface area contributed by atoms with Crippen LogP contribution in [0.25, 0.3) is 0 Å². The third kappa shape index (κ3) is 3.77. The van der Waals surface area contributed by atoms with Gasteiger partial charge in [-0.15, -0.1) is 0 Å². The fourth-order valence-electron chi connectivity index (χ4n) is 2.43. The molecule has 0 bridgehead atoms. The van der Waals surface area contributed by atoms with E-state index in [1.807, 2.05) is 0 Å². The quantitative estimate of drug-likeness (QED) is 0.676. The zero-order valence-electron chi connectivity index (χ0n) is 10.4. The monoisotopic (exact) mass is 224 g/mol. The average Bonchev–Trinajstić information content (AvgIpc) is 2.66. The standard InChI is InChI=1S/C13H24N2O/c1-2-3-4-9-16-10-7-12-6-5-8-13(12,15)11-14/h12H,2-10,15H2,1H3. The van der Waals surface area contributed by atoms with Gasteiger partial charge in [-0.25, -0.2) is 0 Å². The van der Waals surface area contributed by atoms with Crippen molar-refractivity contribution in [3.05, 3.63) is 0 Å². The average molecular weight is 224 g/mol. The molecule has 0 spiro atoms. The molecule has 2 unspecified atom stereocenters. The molecule has 2 N–H and O–H groups in total. The van der Waals surface area contributed by atoms with Crippen molar-refractivity contribution in [1.29, 1.82) is 5.26 Å². The number of nitrogens with two attached hydrogens (primary N) is 1. The van der Waals surface area contributed by atoms with Gasteiger partial charge >= 0.3 is 0 Å². The van der Waals surface area contributed by atoms with E-state index in [1.54, 1.807) is 0 Å². The van der Waals surface area contributed by atoms with Gasteiger partial charge in [-0.2, -0.15) is 5.26 Å². The van der Waals surface area contributed by atoms with E-state index in [1.165, 1.54) is 12.8 Å². The Labute approximate surface area is 99.0 Å². The Hall–Kier alpha value is -0.590. The molecule has 2 atom stereocenters. The fraction of sp³-hybridized carbons (Fsp3) is 0.923. The topological polar surface area (TPSA) is 59.0 Å². The zero-order valence-corrected chi connectivity index (χ0v) is 10.4. The lowest BCUT2D eigenvalue weighted by atomic mass is 9.87. The lowest BCUT2D eigenvalue weighted by molar-refractivity contribution is 0.111. The largest absolute Gasteiger partial charge is 0.381 e. The molecule has 0 aliphatic heterocycles. The summed E-state index contributed by atoms with van der Waals surface area (Å²) < 4.78 is 5.57. The second-order valence-electron chi connectivity index (χ2n) is 4.85. The molecule has 3 nitrogen and oxygen atoms in total. The van der Waals surface area contributed by atoms with Gasteiger partial charge < -0.3 is 10.5 Å². The number of hydrogen-bond acceptors (Lipinski definition) is 3. The van der Waals surface area contributed by atoms with Crippen molar-refractivity contribution in [2.45, 2.75) is 57.4 Å². The van der Waals surface area contributed by atoms with E-state index in [-0.39, 0.29) is 0 Å². The van der Waals surface area contributed by atoms with Gasteiger partial charge in [-0.05, 0) is 31.6 Å². The molecule has 0 aromatic carbocycles. The van der Waals surface area contributed by atoms with Crippen LogP contribution in [0.1, 0.15) is 51.9 Å². The first kappa shape index (κ1) is 13.5. The van der Waals surface area contributed by atoms with Crippen LogP contribution in [-0.2, 0) is 4.74 Å². The Morgan fingerprint density at radius 3 is 2.94 bits per heavy atom. The molecule has 92 valence electrons. The van der Waals surface area contributed by atoms with Crippen molar-refractivity contribution >= 4 is 0 Å². The molecule has 0 aromatic rings. The van der Waals surface area contributed by atoms with E-state index in [2.05, 4.69) is 13.0 Å². The first-order valence-electron chi connectivity index (χ1n) is 6.51. The highest BCUT2D eigenvalue weighted by Crippen LogP contribution is 2.35. The van der Waals surface area contributed by atoms with Gasteiger partial charge in [0.1, 0.15) is 5.54 Å². The van der Waals surface area contributed by atoms with Crippen molar-refractivity contribution in [3.8, 4) is 6.07 Å². The van der Waals surface area contributed by atoms with Gasteiger partial charge in [0, 0.05) is 13.2 Å². The second kappa shape index (κ2) is 6.88. The molecule has 0 saturated heterocycles. The summed E-state index contributed by atoms with van der Waals surface area (Å²) in [5, 5.41) is 9.05. The van der Waals surface area contributed by atoms with Gasteiger partial charge in [0.25, 0.3) is 0 Å². The molecule has 16 heavy (non-hydrogen) atoms. The van der Waals surface area contributed by atoms with Gasteiger partial charge in [-0.1, -0.05) is 26.2 Å². The predicted molar refractivity (Wildman–Crippen MR) is 64.8 cm³/mol. The Kier molecular flexibility index (Phi) is 5.79. The van der Waals surface area contributed by atoms with Crippen LogP contribution in [0.4, 0.5) is 0 Å². The van der Waals surface area contributed by atoms with E-state index in [4.69, 9.17) is 15.7 Å². The first-order valence-corrected chi connectivity index (χ1v) is 6.51. The highest BCUT2D eigenvalue weighted by molar-refractivity contribution is 5.11. The fourth-order valence-corrected chi connectivity index (χ4v) is 2.43. The Morgan fingerprint density at radius 1 is 1.44 bits per heavy atom. The summed E-state index contributed by atoms with van der Waals surface area (Å²) in [6, 6.07) is 2.27. The number of nitriles is 1. The summed E-state index contributed by atoms with van der Waals surface area (Å²) in [6.07, 6.45) is 7.58. The van der Waals surface area contributed by atoms with E-state index in [0.29, 0.717) is 5.92 Å². The Morgan fingerprint density at radius 2 is 2.25 bits per heavy atom. The zero-order chi connectivity index (χ0) is 11.9. The maximum atomic E-state index is 9.05. The van der Waals surface area contributed by atoms with E-state index >= 15 is 0 Å². The second-order valence-corrected chi connectivity index (χ2v) is 4.85. The molecule has 1 aliphatic carbocycles. The minimum absolute atomic E-state index is 0.337. The van der Waals surface area contributed by atoms with Gasteiger partial charge in [-0.3, -0.25) is 0 Å². The van der Waals surface area contributed by atoms with E-state index < -0.39 is 5.54 Å². The van der Waals surface area contributed by atoms with Crippen LogP contribution in [0.15, 0.2) is 0 Å². The summed E-state index contributed by atoms with van der Waals surface area (Å²) in [4.78, 5) is 0. The van der Waals surface area contributed by atoms with Gasteiger partial charge in [0.05, 0.1) is 6.07 Å².